The molecule has 21 heavy (non-hydrogen) atoms. The van der Waals surface area contributed by atoms with E-state index in [-0.39, 0.29) is 24.1 Å². The number of hydrogen-bond donors (Lipinski definition) is 3. The van der Waals surface area contributed by atoms with Crippen LogP contribution in [0.15, 0.2) is 24.3 Å². The van der Waals surface area contributed by atoms with Crippen LogP contribution in [0.4, 0.5) is 0 Å². The zero-order valence-corrected chi connectivity index (χ0v) is 11.9. The number of hydrogen-bond acceptors (Lipinski definition) is 5. The normalized spacial score (nSPS) is 10.7. The number of unbranched alkanes of at least 4 members (excludes halogenated alkanes) is 2. The van der Waals surface area contributed by atoms with Gasteiger partial charge in [0.1, 0.15) is 0 Å². The van der Waals surface area contributed by atoms with Crippen molar-refractivity contribution in [1.29, 1.82) is 0 Å². The number of allylic oxidation sites excluding steroid dienone is 1. The van der Waals surface area contributed by atoms with Crippen LogP contribution in [0.3, 0.4) is 0 Å². The van der Waals surface area contributed by atoms with E-state index in [0.29, 0.717) is 17.7 Å². The van der Waals surface area contributed by atoms with Crippen molar-refractivity contribution in [2.75, 3.05) is 6.54 Å². The second-order valence-corrected chi connectivity index (χ2v) is 4.41. The molecule has 0 atom stereocenters. The molecule has 0 bridgehead atoms. The molecular weight excluding hydrogens is 276 g/mol. The fraction of sp³-hybridized carbons (Fsp3) is 0.429. The van der Waals surface area contributed by atoms with E-state index in [1.54, 1.807) is 13.0 Å². The first-order chi connectivity index (χ1) is 10.0. The summed E-state index contributed by atoms with van der Waals surface area (Å²) in [5.41, 5.74) is 0. The van der Waals surface area contributed by atoms with Crippen LogP contribution in [-0.4, -0.2) is 33.4 Å². The smallest absolute Gasteiger partial charge is 0.333 e. The number of aromatic nitrogens is 1. The third kappa shape index (κ3) is 6.03. The highest BCUT2D eigenvalue weighted by Crippen LogP contribution is 2.18. The van der Waals surface area contributed by atoms with Gasteiger partial charge in [-0.05, 0) is 25.8 Å². The summed E-state index contributed by atoms with van der Waals surface area (Å²) < 4.78 is 0.666. The molecule has 0 aliphatic heterocycles. The molecule has 1 heterocycles. The lowest BCUT2D eigenvalue weighted by Crippen LogP contribution is -2.22. The second-order valence-electron chi connectivity index (χ2n) is 4.41. The fourth-order valence-electron chi connectivity index (χ4n) is 1.64. The second kappa shape index (κ2) is 8.68. The Morgan fingerprint density at radius 2 is 1.90 bits per heavy atom. The van der Waals surface area contributed by atoms with Gasteiger partial charge >= 0.3 is 5.97 Å². The van der Waals surface area contributed by atoms with Crippen molar-refractivity contribution in [2.24, 2.45) is 0 Å². The van der Waals surface area contributed by atoms with Gasteiger partial charge in [0.05, 0.1) is 0 Å². The Bertz CT molecular complexity index is 488. The zero-order valence-electron chi connectivity index (χ0n) is 11.9. The van der Waals surface area contributed by atoms with Gasteiger partial charge in [-0.25, -0.2) is 4.79 Å². The van der Waals surface area contributed by atoms with Gasteiger partial charge in [-0.1, -0.05) is 12.5 Å². The van der Waals surface area contributed by atoms with Crippen molar-refractivity contribution in [3.8, 4) is 11.8 Å². The van der Waals surface area contributed by atoms with Gasteiger partial charge in [0.25, 0.3) is 0 Å². The van der Waals surface area contributed by atoms with Crippen LogP contribution in [-0.2, 0) is 9.59 Å². The molecule has 0 unspecified atom stereocenters. The van der Waals surface area contributed by atoms with Crippen LogP contribution < -0.4 is 10.2 Å². The summed E-state index contributed by atoms with van der Waals surface area (Å²) >= 11 is 0. The van der Waals surface area contributed by atoms with Crippen molar-refractivity contribution in [1.82, 2.24) is 10.0 Å². The maximum absolute atomic E-state index is 11.5. The molecule has 0 saturated carbocycles. The quantitative estimate of drug-likeness (QED) is 0.493. The third-order valence-corrected chi connectivity index (χ3v) is 2.67. The Morgan fingerprint density at radius 3 is 2.52 bits per heavy atom. The molecule has 3 N–H and O–H groups in total. The predicted octanol–water partition coefficient (Wildman–Crippen LogP) is 1.11. The molecule has 1 aromatic rings. The standard InChI is InChI=1S/C14H20N2O5/c1-2-6-11(17)15-10-5-3-4-7-14(20)21-16-12(18)8-9-13(16)19/h2,6,8-9,18-19H,3-5,7,10H2,1H3,(H,15,17). The Morgan fingerprint density at radius 1 is 1.24 bits per heavy atom. The number of amides is 1. The lowest BCUT2D eigenvalue weighted by atomic mass is 10.2. The van der Waals surface area contributed by atoms with Crippen molar-refractivity contribution in [3.05, 3.63) is 24.3 Å². The van der Waals surface area contributed by atoms with Crippen LogP contribution in [0.5, 0.6) is 11.8 Å². The average Bonchev–Trinajstić information content (AvgIpc) is 2.75. The lowest BCUT2D eigenvalue weighted by Gasteiger charge is -2.06. The van der Waals surface area contributed by atoms with Gasteiger partial charge in [0.15, 0.2) is 0 Å². The van der Waals surface area contributed by atoms with Crippen LogP contribution in [0.2, 0.25) is 0 Å². The molecule has 7 heteroatoms. The van der Waals surface area contributed by atoms with Crippen molar-refractivity contribution in [2.45, 2.75) is 32.6 Å². The monoisotopic (exact) mass is 296 g/mol. The molecule has 7 nitrogen and oxygen atoms in total. The van der Waals surface area contributed by atoms with E-state index in [1.807, 2.05) is 0 Å². The predicted molar refractivity (Wildman–Crippen MR) is 75.6 cm³/mol. The number of nitrogens with zero attached hydrogens (tertiary/aromatic N) is 1. The molecule has 0 fully saturated rings. The van der Waals surface area contributed by atoms with Crippen molar-refractivity contribution in [3.63, 3.8) is 0 Å². The van der Waals surface area contributed by atoms with Gasteiger partial charge in [-0.3, -0.25) is 4.79 Å². The van der Waals surface area contributed by atoms with E-state index >= 15 is 0 Å². The molecule has 1 amide bonds. The highest BCUT2D eigenvalue weighted by Gasteiger charge is 2.11. The summed E-state index contributed by atoms with van der Waals surface area (Å²) in [5, 5.41) is 21.3. The molecule has 0 aliphatic carbocycles. The SMILES string of the molecule is CC=CC(=O)NCCCCCC(=O)On1c(O)ccc1O. The minimum Gasteiger partial charge on any atom is -0.492 e. The van der Waals surface area contributed by atoms with Crippen LogP contribution >= 0.6 is 0 Å². The number of rotatable bonds is 8. The summed E-state index contributed by atoms with van der Waals surface area (Å²) in [6.45, 7) is 2.32. The first-order valence-corrected chi connectivity index (χ1v) is 6.76. The molecule has 0 radical (unpaired) electrons. The van der Waals surface area contributed by atoms with E-state index in [0.717, 1.165) is 12.8 Å². The summed E-state index contributed by atoms with van der Waals surface area (Å²) in [7, 11) is 0. The average molecular weight is 296 g/mol. The summed E-state index contributed by atoms with van der Waals surface area (Å²) in [6, 6.07) is 2.44. The highest BCUT2D eigenvalue weighted by atomic mass is 16.7. The highest BCUT2D eigenvalue weighted by molar-refractivity contribution is 5.87. The van der Waals surface area contributed by atoms with Crippen molar-refractivity contribution >= 4 is 11.9 Å². The minimum atomic E-state index is -0.547. The number of carbonyl (C=O) groups is 2. The topological polar surface area (TPSA) is 101 Å². The van der Waals surface area contributed by atoms with Crippen LogP contribution in [0, 0.1) is 0 Å². The Balaban J connectivity index is 2.13. The van der Waals surface area contributed by atoms with Gasteiger partial charge in [0, 0.05) is 25.1 Å². The van der Waals surface area contributed by atoms with Crippen LogP contribution in [0.1, 0.15) is 32.6 Å². The molecular formula is C14H20N2O5. The molecule has 0 aromatic carbocycles. The summed E-state index contributed by atoms with van der Waals surface area (Å²) in [4.78, 5) is 27.4. The number of carbonyl (C=O) groups excluding carboxylic acids is 2. The van der Waals surface area contributed by atoms with Gasteiger partial charge in [0.2, 0.25) is 17.7 Å². The Kier molecular flexibility index (Phi) is 6.86. The zero-order chi connectivity index (χ0) is 15.7. The van der Waals surface area contributed by atoms with E-state index in [9.17, 15) is 19.8 Å². The van der Waals surface area contributed by atoms with Gasteiger partial charge in [-0.2, -0.15) is 0 Å². The summed E-state index contributed by atoms with van der Waals surface area (Å²) in [6.07, 6.45) is 5.40. The molecule has 0 aliphatic rings. The van der Waals surface area contributed by atoms with E-state index in [1.165, 1.54) is 18.2 Å². The maximum atomic E-state index is 11.5. The molecule has 1 aromatic heterocycles. The third-order valence-electron chi connectivity index (χ3n) is 2.67. The molecule has 0 saturated heterocycles. The lowest BCUT2D eigenvalue weighted by molar-refractivity contribution is -0.145. The van der Waals surface area contributed by atoms with Gasteiger partial charge in [-0.15, -0.1) is 4.73 Å². The van der Waals surface area contributed by atoms with Crippen molar-refractivity contribution < 1.29 is 24.6 Å². The van der Waals surface area contributed by atoms with E-state index < -0.39 is 5.97 Å². The Hall–Kier alpha value is -2.44. The summed E-state index contributed by atoms with van der Waals surface area (Å²) in [5.74, 6) is -1.36. The van der Waals surface area contributed by atoms with E-state index in [2.05, 4.69) is 5.32 Å². The Labute approximate surface area is 122 Å². The fourth-order valence-corrected chi connectivity index (χ4v) is 1.64. The molecule has 116 valence electrons. The molecule has 1 rings (SSSR count). The maximum Gasteiger partial charge on any atom is 0.333 e. The largest absolute Gasteiger partial charge is 0.492 e. The first kappa shape index (κ1) is 16.6. The minimum absolute atomic E-state index is 0.129. The van der Waals surface area contributed by atoms with Gasteiger partial charge < -0.3 is 20.4 Å². The van der Waals surface area contributed by atoms with E-state index in [4.69, 9.17) is 4.84 Å². The molecule has 0 spiro atoms. The van der Waals surface area contributed by atoms with Crippen LogP contribution in [0.25, 0.3) is 0 Å². The number of aromatic hydroxyl groups is 2. The first-order valence-electron chi connectivity index (χ1n) is 6.76. The number of nitrogens with one attached hydrogen (secondary N) is 1.